The maximum atomic E-state index is 11.3. The van der Waals surface area contributed by atoms with Crippen molar-refractivity contribution < 1.29 is 14.4 Å². The number of oxime groups is 1. The lowest BCUT2D eigenvalue weighted by atomic mass is 10.3. The van der Waals surface area contributed by atoms with Crippen LogP contribution >= 0.6 is 0 Å². The zero-order valence-corrected chi connectivity index (χ0v) is 7.43. The number of amidine groups is 1. The average Bonchev–Trinajstić information content (AvgIpc) is 2.70. The van der Waals surface area contributed by atoms with E-state index in [4.69, 9.17) is 15.4 Å². The van der Waals surface area contributed by atoms with Gasteiger partial charge in [-0.3, -0.25) is 4.79 Å². The summed E-state index contributed by atoms with van der Waals surface area (Å²) in [6.07, 6.45) is 3.07. The van der Waals surface area contributed by atoms with Crippen molar-refractivity contribution in [2.75, 3.05) is 6.54 Å². The summed E-state index contributed by atoms with van der Waals surface area (Å²) in [5, 5.41) is 13.6. The first-order chi connectivity index (χ1) is 6.74. The van der Waals surface area contributed by atoms with E-state index >= 15 is 0 Å². The van der Waals surface area contributed by atoms with Gasteiger partial charge in [-0.2, -0.15) is 0 Å². The molecule has 0 bridgehead atoms. The van der Waals surface area contributed by atoms with Gasteiger partial charge in [-0.05, 0) is 6.07 Å². The lowest BCUT2D eigenvalue weighted by Crippen LogP contribution is -2.27. The first kappa shape index (κ1) is 10.1. The molecular formula is C8H11N3O3. The quantitative estimate of drug-likeness (QED) is 0.276. The van der Waals surface area contributed by atoms with Gasteiger partial charge in [0.2, 0.25) is 0 Å². The van der Waals surface area contributed by atoms with Gasteiger partial charge in [0.15, 0.2) is 0 Å². The summed E-state index contributed by atoms with van der Waals surface area (Å²) in [6, 6.07) is 1.55. The molecule has 0 unspecified atom stereocenters. The third kappa shape index (κ3) is 2.81. The number of rotatable bonds is 4. The number of nitrogens with one attached hydrogen (secondary N) is 1. The highest BCUT2D eigenvalue weighted by Gasteiger charge is 2.05. The van der Waals surface area contributed by atoms with Gasteiger partial charge < -0.3 is 20.7 Å². The second kappa shape index (κ2) is 4.90. The van der Waals surface area contributed by atoms with Crippen LogP contribution in [0.4, 0.5) is 0 Å². The number of hydrogen-bond acceptors (Lipinski definition) is 4. The SMILES string of the molecule is NC(CCNC(=O)c1ccoc1)=NO. The van der Waals surface area contributed by atoms with Crippen LogP contribution < -0.4 is 11.1 Å². The van der Waals surface area contributed by atoms with Crippen LogP contribution in [0.2, 0.25) is 0 Å². The maximum Gasteiger partial charge on any atom is 0.254 e. The summed E-state index contributed by atoms with van der Waals surface area (Å²) in [5.41, 5.74) is 5.66. The van der Waals surface area contributed by atoms with E-state index in [-0.39, 0.29) is 11.7 Å². The summed E-state index contributed by atoms with van der Waals surface area (Å²) in [5.74, 6) is -0.165. The Bertz CT molecular complexity index is 319. The molecule has 76 valence electrons. The van der Waals surface area contributed by atoms with Crippen molar-refractivity contribution in [1.82, 2.24) is 5.32 Å². The fourth-order valence-corrected chi connectivity index (χ4v) is 0.850. The van der Waals surface area contributed by atoms with E-state index in [1.807, 2.05) is 0 Å². The summed E-state index contributed by atoms with van der Waals surface area (Å²) < 4.78 is 4.73. The van der Waals surface area contributed by atoms with Gasteiger partial charge in [0.25, 0.3) is 5.91 Å². The van der Waals surface area contributed by atoms with Crippen LogP contribution in [0, 0.1) is 0 Å². The third-order valence-corrected chi connectivity index (χ3v) is 1.58. The molecule has 4 N–H and O–H groups in total. The van der Waals surface area contributed by atoms with E-state index in [1.54, 1.807) is 6.07 Å². The van der Waals surface area contributed by atoms with E-state index in [9.17, 15) is 4.79 Å². The first-order valence-electron chi connectivity index (χ1n) is 4.01. The maximum absolute atomic E-state index is 11.3. The third-order valence-electron chi connectivity index (χ3n) is 1.58. The zero-order valence-electron chi connectivity index (χ0n) is 7.43. The molecule has 0 fully saturated rings. The molecule has 1 heterocycles. The minimum Gasteiger partial charge on any atom is -0.472 e. The molecule has 0 saturated carbocycles. The molecule has 0 atom stereocenters. The van der Waals surface area contributed by atoms with Crippen molar-refractivity contribution >= 4 is 11.7 Å². The topological polar surface area (TPSA) is 101 Å². The van der Waals surface area contributed by atoms with Crippen molar-refractivity contribution in [3.63, 3.8) is 0 Å². The highest BCUT2D eigenvalue weighted by atomic mass is 16.4. The van der Waals surface area contributed by atoms with Crippen molar-refractivity contribution in [2.24, 2.45) is 10.9 Å². The average molecular weight is 197 g/mol. The molecule has 0 aromatic carbocycles. The Hall–Kier alpha value is -1.98. The molecule has 1 aromatic rings. The second-order valence-electron chi connectivity index (χ2n) is 2.61. The number of carbonyl (C=O) groups is 1. The predicted octanol–water partition coefficient (Wildman–Crippen LogP) is 0.146. The normalized spacial score (nSPS) is 11.3. The number of furan rings is 1. The summed E-state index contributed by atoms with van der Waals surface area (Å²) in [6.45, 7) is 0.319. The van der Waals surface area contributed by atoms with Gasteiger partial charge in [0.1, 0.15) is 12.1 Å². The van der Waals surface area contributed by atoms with Crippen molar-refractivity contribution in [3.8, 4) is 0 Å². The molecule has 0 spiro atoms. The minimum absolute atomic E-state index is 0.0810. The van der Waals surface area contributed by atoms with Gasteiger partial charge in [-0.25, -0.2) is 0 Å². The second-order valence-corrected chi connectivity index (χ2v) is 2.61. The van der Waals surface area contributed by atoms with Crippen molar-refractivity contribution in [3.05, 3.63) is 24.2 Å². The molecule has 0 aliphatic carbocycles. The Morgan fingerprint density at radius 1 is 1.71 bits per heavy atom. The highest BCUT2D eigenvalue weighted by molar-refractivity contribution is 5.94. The number of amides is 1. The van der Waals surface area contributed by atoms with Gasteiger partial charge in [-0.15, -0.1) is 0 Å². The Morgan fingerprint density at radius 3 is 3.07 bits per heavy atom. The molecule has 0 aliphatic rings. The van der Waals surface area contributed by atoms with Gasteiger partial charge >= 0.3 is 0 Å². The lowest BCUT2D eigenvalue weighted by molar-refractivity contribution is 0.0954. The Balaban J connectivity index is 2.29. The molecule has 1 rings (SSSR count). The molecule has 14 heavy (non-hydrogen) atoms. The first-order valence-corrected chi connectivity index (χ1v) is 4.01. The summed E-state index contributed by atoms with van der Waals surface area (Å²) in [4.78, 5) is 11.3. The molecule has 1 aromatic heterocycles. The van der Waals surface area contributed by atoms with Crippen LogP contribution in [-0.2, 0) is 0 Å². The van der Waals surface area contributed by atoms with Gasteiger partial charge in [0.05, 0.1) is 11.8 Å². The molecule has 0 saturated heterocycles. The van der Waals surface area contributed by atoms with Crippen LogP contribution in [-0.4, -0.2) is 23.5 Å². The standard InChI is InChI=1S/C8H11N3O3/c9-7(11-13)1-3-10-8(12)6-2-4-14-5-6/h2,4-5,13H,1,3H2,(H2,9,11)(H,10,12). The number of nitrogens with two attached hydrogens (primary N) is 1. The smallest absolute Gasteiger partial charge is 0.254 e. The van der Waals surface area contributed by atoms with Crippen LogP contribution in [0.25, 0.3) is 0 Å². The van der Waals surface area contributed by atoms with Gasteiger partial charge in [0, 0.05) is 13.0 Å². The molecule has 6 heteroatoms. The lowest BCUT2D eigenvalue weighted by Gasteiger charge is -2.01. The van der Waals surface area contributed by atoms with E-state index < -0.39 is 0 Å². The van der Waals surface area contributed by atoms with Crippen molar-refractivity contribution in [2.45, 2.75) is 6.42 Å². The van der Waals surface area contributed by atoms with Crippen LogP contribution in [0.5, 0.6) is 0 Å². The van der Waals surface area contributed by atoms with Gasteiger partial charge in [-0.1, -0.05) is 5.16 Å². The highest BCUT2D eigenvalue weighted by Crippen LogP contribution is 1.98. The fraction of sp³-hybridized carbons (Fsp3) is 0.250. The number of nitrogens with zero attached hydrogens (tertiary/aromatic N) is 1. The fourth-order valence-electron chi connectivity index (χ4n) is 0.850. The Labute approximate surface area is 80.4 Å². The predicted molar refractivity (Wildman–Crippen MR) is 49.1 cm³/mol. The van der Waals surface area contributed by atoms with Crippen molar-refractivity contribution in [1.29, 1.82) is 0 Å². The molecule has 0 radical (unpaired) electrons. The van der Waals surface area contributed by atoms with E-state index in [1.165, 1.54) is 12.5 Å². The largest absolute Gasteiger partial charge is 0.472 e. The Kier molecular flexibility index (Phi) is 3.54. The molecule has 6 nitrogen and oxygen atoms in total. The number of hydrogen-bond donors (Lipinski definition) is 3. The molecule has 1 amide bonds. The monoisotopic (exact) mass is 197 g/mol. The van der Waals surface area contributed by atoms with Crippen LogP contribution in [0.1, 0.15) is 16.8 Å². The number of carbonyl (C=O) groups excluding carboxylic acids is 1. The van der Waals surface area contributed by atoms with Crippen LogP contribution in [0.3, 0.4) is 0 Å². The minimum atomic E-state index is -0.246. The van der Waals surface area contributed by atoms with E-state index in [0.29, 0.717) is 18.5 Å². The Morgan fingerprint density at radius 2 is 2.50 bits per heavy atom. The molecule has 0 aliphatic heterocycles. The zero-order chi connectivity index (χ0) is 10.4. The summed E-state index contributed by atoms with van der Waals surface area (Å²) in [7, 11) is 0. The molecular weight excluding hydrogens is 186 g/mol. The summed E-state index contributed by atoms with van der Waals surface area (Å²) >= 11 is 0. The van der Waals surface area contributed by atoms with E-state index in [0.717, 1.165) is 0 Å². The van der Waals surface area contributed by atoms with Crippen LogP contribution in [0.15, 0.2) is 28.2 Å². The van der Waals surface area contributed by atoms with E-state index in [2.05, 4.69) is 10.5 Å².